The van der Waals surface area contributed by atoms with Crippen molar-refractivity contribution in [2.75, 3.05) is 20.2 Å². The number of hydrogen-bond donors (Lipinski definition) is 2. The van der Waals surface area contributed by atoms with Crippen molar-refractivity contribution in [3.8, 4) is 5.75 Å². The van der Waals surface area contributed by atoms with Crippen molar-refractivity contribution in [1.29, 1.82) is 0 Å². The predicted molar refractivity (Wildman–Crippen MR) is 154 cm³/mol. The molecule has 3 aromatic carbocycles. The molecule has 2 fully saturated rings. The van der Waals surface area contributed by atoms with Gasteiger partial charge in [-0.3, -0.25) is 9.59 Å². The minimum absolute atomic E-state index is 0.146. The maximum Gasteiger partial charge on any atom is 0.312 e. The summed E-state index contributed by atoms with van der Waals surface area (Å²) >= 11 is 0. The molecule has 8 rings (SSSR count). The molecule has 0 radical (unpaired) electrons. The average Bonchev–Trinajstić information content (AvgIpc) is 3.59. The molecule has 6 heteroatoms. The van der Waals surface area contributed by atoms with Gasteiger partial charge in [-0.2, -0.15) is 0 Å². The number of carboxylic acids is 1. The minimum atomic E-state index is -1.12. The van der Waals surface area contributed by atoms with Crippen molar-refractivity contribution in [1.82, 2.24) is 9.88 Å². The van der Waals surface area contributed by atoms with Gasteiger partial charge in [0.1, 0.15) is 5.75 Å². The Bertz CT molecular complexity index is 1700. The van der Waals surface area contributed by atoms with Crippen LogP contribution in [-0.4, -0.2) is 47.1 Å². The number of fused-ring (bicyclic) bond motifs is 2. The average molecular weight is 533 g/mol. The highest BCUT2D eigenvalue weighted by molar-refractivity contribution is 6.19. The second-order valence-electron chi connectivity index (χ2n) is 11.7. The highest BCUT2D eigenvalue weighted by Gasteiger charge is 2.71. The van der Waals surface area contributed by atoms with Crippen LogP contribution in [0.4, 0.5) is 0 Å². The fraction of sp³-hybridized carbons (Fsp3) is 0.294. The summed E-state index contributed by atoms with van der Waals surface area (Å²) in [7, 11) is 1.57. The summed E-state index contributed by atoms with van der Waals surface area (Å²) in [6, 6.07) is 24.2. The number of carbonyl (C=O) groups is 2. The van der Waals surface area contributed by atoms with Crippen LogP contribution in [0.1, 0.15) is 46.7 Å². The normalized spacial score (nSPS) is 26.4. The number of nitrogens with one attached hydrogen (secondary N) is 1. The Morgan fingerprint density at radius 1 is 1.05 bits per heavy atom. The molecule has 2 bridgehead atoms. The van der Waals surface area contributed by atoms with Gasteiger partial charge in [-0.25, -0.2) is 0 Å². The van der Waals surface area contributed by atoms with Gasteiger partial charge in [-0.1, -0.05) is 72.8 Å². The third-order valence-corrected chi connectivity index (χ3v) is 9.99. The zero-order valence-electron chi connectivity index (χ0n) is 22.7. The smallest absolute Gasteiger partial charge is 0.312 e. The summed E-state index contributed by atoms with van der Waals surface area (Å²) in [5.74, 6) is -1.02. The Labute approximate surface area is 233 Å². The highest BCUT2D eigenvalue weighted by Crippen LogP contribution is 2.70. The summed E-state index contributed by atoms with van der Waals surface area (Å²) in [6.45, 7) is 6.71. The number of para-hydroxylation sites is 2. The maximum absolute atomic E-state index is 14.0. The third kappa shape index (κ3) is 3.05. The Kier molecular flexibility index (Phi) is 5.30. The lowest BCUT2D eigenvalue weighted by Crippen LogP contribution is -2.60. The molecule has 3 aliphatic carbocycles. The van der Waals surface area contributed by atoms with Crippen LogP contribution >= 0.6 is 0 Å². The van der Waals surface area contributed by atoms with Gasteiger partial charge in [-0.15, -0.1) is 0 Å². The number of aliphatic carboxylic acids is 1. The van der Waals surface area contributed by atoms with E-state index in [1.54, 1.807) is 18.1 Å². The van der Waals surface area contributed by atoms with Crippen LogP contribution in [0, 0.1) is 18.3 Å². The van der Waals surface area contributed by atoms with E-state index in [2.05, 4.69) is 54.9 Å². The van der Waals surface area contributed by atoms with Crippen molar-refractivity contribution in [3.05, 3.63) is 107 Å². The maximum atomic E-state index is 14.0. The highest BCUT2D eigenvalue weighted by atomic mass is 16.5. The molecule has 2 N–H and O–H groups in total. The first-order valence-corrected chi connectivity index (χ1v) is 13.9. The van der Waals surface area contributed by atoms with Crippen molar-refractivity contribution >= 4 is 28.4 Å². The summed E-state index contributed by atoms with van der Waals surface area (Å²) < 4.78 is 5.50. The van der Waals surface area contributed by atoms with Gasteiger partial charge in [0.05, 0.1) is 12.5 Å². The van der Waals surface area contributed by atoms with Crippen LogP contribution in [0.5, 0.6) is 5.75 Å². The predicted octanol–water partition coefficient (Wildman–Crippen LogP) is 5.90. The number of nitrogens with zero attached hydrogens (tertiary/aromatic N) is 1. The zero-order valence-corrected chi connectivity index (χ0v) is 22.7. The molecule has 1 saturated heterocycles. The number of rotatable bonds is 5. The number of aromatic nitrogens is 1. The molecule has 4 atom stereocenters. The van der Waals surface area contributed by atoms with Gasteiger partial charge in [0.2, 0.25) is 0 Å². The number of carbonyl (C=O) groups excluding carboxylic acids is 1. The Balaban J connectivity index is 1.42. The zero-order chi connectivity index (χ0) is 27.8. The molecule has 1 aromatic heterocycles. The lowest BCUT2D eigenvalue weighted by atomic mass is 9.43. The van der Waals surface area contributed by atoms with E-state index >= 15 is 0 Å². The van der Waals surface area contributed by atoms with E-state index in [0.717, 1.165) is 40.6 Å². The lowest BCUT2D eigenvalue weighted by molar-refractivity contribution is -0.157. The van der Waals surface area contributed by atoms with Crippen LogP contribution < -0.4 is 4.74 Å². The Morgan fingerprint density at radius 3 is 2.52 bits per heavy atom. The Hall–Kier alpha value is -4.32. The number of benzene rings is 3. The first-order valence-electron chi connectivity index (χ1n) is 13.9. The van der Waals surface area contributed by atoms with Crippen LogP contribution in [0.3, 0.4) is 0 Å². The van der Waals surface area contributed by atoms with Crippen LogP contribution in [0.2, 0.25) is 0 Å². The molecule has 202 valence electrons. The van der Waals surface area contributed by atoms with E-state index in [4.69, 9.17) is 4.74 Å². The number of H-pyrrole nitrogens is 1. The number of aryl methyl sites for hydroxylation is 1. The first kappa shape index (κ1) is 24.7. The fourth-order valence-corrected chi connectivity index (χ4v) is 8.29. The molecule has 1 amide bonds. The second kappa shape index (κ2) is 8.59. The van der Waals surface area contributed by atoms with Crippen molar-refractivity contribution in [2.45, 2.75) is 31.1 Å². The molecule has 4 aliphatic rings. The molecule has 4 unspecified atom stereocenters. The molecule has 2 heterocycles. The van der Waals surface area contributed by atoms with Gasteiger partial charge < -0.3 is 19.7 Å². The molecule has 0 spiro atoms. The van der Waals surface area contributed by atoms with Crippen LogP contribution in [0.25, 0.3) is 16.5 Å². The summed E-state index contributed by atoms with van der Waals surface area (Å²) in [5.41, 5.74) is 4.82. The van der Waals surface area contributed by atoms with Crippen LogP contribution in [0.15, 0.2) is 79.4 Å². The van der Waals surface area contributed by atoms with Gasteiger partial charge in [-0.05, 0) is 43.0 Å². The monoisotopic (exact) mass is 532 g/mol. The molecule has 6 nitrogen and oxygen atoms in total. The SMILES string of the molecule is C=C(C(=O)N1CC2C3(c4ccc(C)cc4)CCC(c4[nH]c5ccccc5c43)C2(C(=O)O)C1)c1ccccc1OC. The van der Waals surface area contributed by atoms with E-state index in [0.29, 0.717) is 23.4 Å². The third-order valence-electron chi connectivity index (χ3n) is 9.99. The van der Waals surface area contributed by atoms with Gasteiger partial charge in [0.25, 0.3) is 5.91 Å². The number of hydrogen-bond acceptors (Lipinski definition) is 3. The summed E-state index contributed by atoms with van der Waals surface area (Å²) in [4.78, 5) is 32.9. The van der Waals surface area contributed by atoms with E-state index in [9.17, 15) is 14.7 Å². The molecule has 40 heavy (non-hydrogen) atoms. The quantitative estimate of drug-likeness (QED) is 0.313. The van der Waals surface area contributed by atoms with Crippen LogP contribution in [-0.2, 0) is 15.0 Å². The van der Waals surface area contributed by atoms with E-state index in [1.807, 2.05) is 30.3 Å². The second-order valence-corrected chi connectivity index (χ2v) is 11.7. The molecule has 1 saturated carbocycles. The van der Waals surface area contributed by atoms with E-state index in [-0.39, 0.29) is 24.3 Å². The number of ether oxygens (including phenoxy) is 1. The number of amides is 1. The molecular weight excluding hydrogens is 500 g/mol. The topological polar surface area (TPSA) is 82.6 Å². The summed E-state index contributed by atoms with van der Waals surface area (Å²) in [6.07, 6.45) is 1.58. The van der Waals surface area contributed by atoms with Gasteiger partial charge in [0, 0.05) is 58.1 Å². The first-order chi connectivity index (χ1) is 19.3. The van der Waals surface area contributed by atoms with E-state index in [1.165, 1.54) is 5.56 Å². The number of carboxylic acid groups (broad SMARTS) is 1. The standard InChI is InChI=1S/C34H32N2O4/c1-20-12-14-22(15-13-20)33-17-16-25(30-29(33)24-9-4-6-10-26(24)35-30)34(32(38)39)19-36(18-28(33)34)31(37)21(2)23-8-5-7-11-27(23)40-3/h4-15,25,28,35H,2,16-19H2,1,3H3,(H,38,39). The van der Waals surface area contributed by atoms with Gasteiger partial charge in [0.15, 0.2) is 0 Å². The Morgan fingerprint density at radius 2 is 1.77 bits per heavy atom. The molecule has 4 aromatic rings. The minimum Gasteiger partial charge on any atom is -0.496 e. The van der Waals surface area contributed by atoms with Crippen molar-refractivity contribution in [2.24, 2.45) is 11.3 Å². The fourth-order valence-electron chi connectivity index (χ4n) is 8.29. The largest absolute Gasteiger partial charge is 0.496 e. The molecular formula is C34H32N2O4. The summed E-state index contributed by atoms with van der Waals surface area (Å²) in [5, 5.41) is 12.2. The number of methoxy groups -OCH3 is 1. The number of likely N-dealkylation sites (tertiary alicyclic amines) is 1. The van der Waals surface area contributed by atoms with Crippen molar-refractivity contribution in [3.63, 3.8) is 0 Å². The van der Waals surface area contributed by atoms with Crippen molar-refractivity contribution < 1.29 is 19.4 Å². The van der Waals surface area contributed by atoms with Gasteiger partial charge >= 0.3 is 5.97 Å². The molecule has 1 aliphatic heterocycles. The lowest BCUT2D eigenvalue weighted by Gasteiger charge is -2.58. The van der Waals surface area contributed by atoms with E-state index < -0.39 is 16.8 Å². The number of aromatic amines is 1.